The van der Waals surface area contributed by atoms with Crippen molar-refractivity contribution in [3.05, 3.63) is 46.3 Å². The molecule has 0 saturated heterocycles. The lowest BCUT2D eigenvalue weighted by molar-refractivity contribution is -0.116. The fourth-order valence-corrected chi connectivity index (χ4v) is 1.89. The van der Waals surface area contributed by atoms with Crippen LogP contribution in [0.2, 0.25) is 0 Å². The Morgan fingerprint density at radius 2 is 2.17 bits per heavy atom. The highest BCUT2D eigenvalue weighted by molar-refractivity contribution is 8.01. The Bertz CT molecular complexity index is 492. The molecule has 0 aliphatic heterocycles. The minimum Gasteiger partial charge on any atom is -0.326 e. The number of hydrogen-bond acceptors (Lipinski definition) is 3. The average molecular weight is 262 g/mol. The van der Waals surface area contributed by atoms with Crippen molar-refractivity contribution in [3.8, 4) is 0 Å². The second kappa shape index (κ2) is 7.01. The van der Waals surface area contributed by atoms with Gasteiger partial charge in [0.25, 0.3) is 5.91 Å². The summed E-state index contributed by atoms with van der Waals surface area (Å²) in [4.78, 5) is 16.0. The lowest BCUT2D eigenvalue weighted by Gasteiger charge is -2.06. The SMILES string of the molecule is CSC=C(C)C(=O)NC(C)=Cc1cccnc1C. The number of amides is 1. The molecule has 0 bridgehead atoms. The highest BCUT2D eigenvalue weighted by atomic mass is 32.2. The summed E-state index contributed by atoms with van der Waals surface area (Å²) in [6.45, 7) is 5.62. The first-order valence-electron chi connectivity index (χ1n) is 5.65. The molecule has 1 aromatic rings. The van der Waals surface area contributed by atoms with Crippen molar-refractivity contribution >= 4 is 23.7 Å². The van der Waals surface area contributed by atoms with E-state index >= 15 is 0 Å². The lowest BCUT2D eigenvalue weighted by atomic mass is 10.2. The van der Waals surface area contributed by atoms with Gasteiger partial charge in [-0.1, -0.05) is 6.07 Å². The first kappa shape index (κ1) is 14.5. The first-order valence-corrected chi connectivity index (χ1v) is 6.94. The van der Waals surface area contributed by atoms with Crippen molar-refractivity contribution in [2.75, 3.05) is 6.26 Å². The zero-order valence-electron chi connectivity index (χ0n) is 11.2. The van der Waals surface area contributed by atoms with Gasteiger partial charge in [-0.05, 0) is 50.1 Å². The van der Waals surface area contributed by atoms with Crippen LogP contribution in [-0.4, -0.2) is 17.1 Å². The molecule has 96 valence electrons. The topological polar surface area (TPSA) is 42.0 Å². The smallest absolute Gasteiger partial charge is 0.251 e. The molecule has 0 radical (unpaired) electrons. The summed E-state index contributed by atoms with van der Waals surface area (Å²) in [6.07, 6.45) is 5.61. The van der Waals surface area contributed by atoms with E-state index in [1.807, 2.05) is 43.7 Å². The molecule has 3 nitrogen and oxygen atoms in total. The van der Waals surface area contributed by atoms with E-state index in [1.165, 1.54) is 11.8 Å². The predicted octanol–water partition coefficient (Wildman–Crippen LogP) is 3.13. The van der Waals surface area contributed by atoms with Crippen LogP contribution in [0.3, 0.4) is 0 Å². The van der Waals surface area contributed by atoms with Gasteiger partial charge in [-0.2, -0.15) is 0 Å². The monoisotopic (exact) mass is 262 g/mol. The molecular weight excluding hydrogens is 244 g/mol. The number of carbonyl (C=O) groups is 1. The third kappa shape index (κ3) is 4.37. The van der Waals surface area contributed by atoms with E-state index in [1.54, 1.807) is 13.1 Å². The van der Waals surface area contributed by atoms with Crippen molar-refractivity contribution in [1.82, 2.24) is 10.3 Å². The van der Waals surface area contributed by atoms with Crippen LogP contribution in [0, 0.1) is 6.92 Å². The molecule has 0 aliphatic rings. The number of rotatable bonds is 4. The summed E-state index contributed by atoms with van der Waals surface area (Å²) in [5.41, 5.74) is 3.48. The van der Waals surface area contributed by atoms with E-state index in [-0.39, 0.29) is 5.91 Å². The van der Waals surface area contributed by atoms with Gasteiger partial charge in [0.05, 0.1) is 0 Å². The van der Waals surface area contributed by atoms with E-state index in [2.05, 4.69) is 10.3 Å². The van der Waals surface area contributed by atoms with Crippen LogP contribution >= 0.6 is 11.8 Å². The normalized spacial score (nSPS) is 12.4. The first-order chi connectivity index (χ1) is 8.54. The third-order valence-corrected chi connectivity index (χ3v) is 2.97. The van der Waals surface area contributed by atoms with Crippen LogP contribution in [0.15, 0.2) is 35.0 Å². The van der Waals surface area contributed by atoms with Crippen molar-refractivity contribution in [3.63, 3.8) is 0 Å². The van der Waals surface area contributed by atoms with Gasteiger partial charge in [0.15, 0.2) is 0 Å². The molecule has 1 amide bonds. The maximum Gasteiger partial charge on any atom is 0.251 e. The molecule has 4 heteroatoms. The molecule has 0 atom stereocenters. The van der Waals surface area contributed by atoms with Gasteiger partial charge < -0.3 is 5.32 Å². The number of nitrogens with one attached hydrogen (secondary N) is 1. The number of aryl methyl sites for hydroxylation is 1. The van der Waals surface area contributed by atoms with Gasteiger partial charge in [-0.3, -0.25) is 9.78 Å². The van der Waals surface area contributed by atoms with Crippen LogP contribution in [0.5, 0.6) is 0 Å². The van der Waals surface area contributed by atoms with E-state index in [9.17, 15) is 4.79 Å². The molecular formula is C14H18N2OS. The number of hydrogen-bond donors (Lipinski definition) is 1. The molecule has 1 rings (SSSR count). The lowest BCUT2D eigenvalue weighted by Crippen LogP contribution is -2.21. The minimum atomic E-state index is -0.0698. The molecule has 0 aromatic carbocycles. The molecule has 1 aromatic heterocycles. The molecule has 0 fully saturated rings. The summed E-state index contributed by atoms with van der Waals surface area (Å²) in [5, 5.41) is 4.68. The number of aromatic nitrogens is 1. The van der Waals surface area contributed by atoms with Crippen molar-refractivity contribution in [2.45, 2.75) is 20.8 Å². The quantitative estimate of drug-likeness (QED) is 0.848. The van der Waals surface area contributed by atoms with Crippen molar-refractivity contribution in [2.24, 2.45) is 0 Å². The predicted molar refractivity (Wildman–Crippen MR) is 78.0 cm³/mol. The summed E-state index contributed by atoms with van der Waals surface area (Å²) >= 11 is 1.52. The Kier molecular flexibility index (Phi) is 5.65. The Labute approximate surface area is 112 Å². The van der Waals surface area contributed by atoms with Gasteiger partial charge in [-0.25, -0.2) is 0 Å². The largest absolute Gasteiger partial charge is 0.326 e. The number of pyridine rings is 1. The third-order valence-electron chi connectivity index (χ3n) is 2.38. The fraction of sp³-hybridized carbons (Fsp3) is 0.286. The molecule has 0 unspecified atom stereocenters. The Morgan fingerprint density at radius 1 is 1.44 bits per heavy atom. The van der Waals surface area contributed by atoms with Crippen LogP contribution in [0.25, 0.3) is 6.08 Å². The van der Waals surface area contributed by atoms with E-state index in [0.29, 0.717) is 5.57 Å². The van der Waals surface area contributed by atoms with Gasteiger partial charge in [-0.15, -0.1) is 11.8 Å². The standard InChI is InChI=1S/C14H18N2OS/c1-10(9-18-4)14(17)16-11(2)8-13-6-5-7-15-12(13)3/h5-9H,1-4H3,(H,16,17). The highest BCUT2D eigenvalue weighted by Gasteiger charge is 2.04. The summed E-state index contributed by atoms with van der Waals surface area (Å²) in [5.74, 6) is -0.0698. The van der Waals surface area contributed by atoms with Gasteiger partial charge in [0, 0.05) is 23.2 Å². The number of allylic oxidation sites excluding steroid dienone is 1. The molecule has 18 heavy (non-hydrogen) atoms. The van der Waals surface area contributed by atoms with E-state index in [0.717, 1.165) is 17.0 Å². The van der Waals surface area contributed by atoms with Crippen LogP contribution in [0.1, 0.15) is 25.1 Å². The second-order valence-electron chi connectivity index (χ2n) is 4.00. The van der Waals surface area contributed by atoms with E-state index < -0.39 is 0 Å². The number of nitrogens with zero attached hydrogens (tertiary/aromatic N) is 1. The average Bonchev–Trinajstić information content (AvgIpc) is 2.32. The van der Waals surface area contributed by atoms with Crippen molar-refractivity contribution < 1.29 is 4.79 Å². The fourth-order valence-electron chi connectivity index (χ4n) is 1.43. The highest BCUT2D eigenvalue weighted by Crippen LogP contribution is 2.09. The maximum absolute atomic E-state index is 11.8. The van der Waals surface area contributed by atoms with Crippen LogP contribution in [-0.2, 0) is 4.79 Å². The molecule has 0 saturated carbocycles. The summed E-state index contributed by atoms with van der Waals surface area (Å²) < 4.78 is 0. The Morgan fingerprint density at radius 3 is 2.78 bits per heavy atom. The van der Waals surface area contributed by atoms with Crippen molar-refractivity contribution in [1.29, 1.82) is 0 Å². The maximum atomic E-state index is 11.8. The minimum absolute atomic E-state index is 0.0698. The molecule has 1 heterocycles. The second-order valence-corrected chi connectivity index (χ2v) is 4.70. The molecule has 0 spiro atoms. The molecule has 1 N–H and O–H groups in total. The zero-order valence-corrected chi connectivity index (χ0v) is 12.0. The summed E-state index contributed by atoms with van der Waals surface area (Å²) in [7, 11) is 0. The number of thioether (sulfide) groups is 1. The Hall–Kier alpha value is -1.55. The van der Waals surface area contributed by atoms with Gasteiger partial charge >= 0.3 is 0 Å². The van der Waals surface area contributed by atoms with Crippen LogP contribution < -0.4 is 5.32 Å². The Balaban J connectivity index is 2.77. The van der Waals surface area contributed by atoms with Crippen LogP contribution in [0.4, 0.5) is 0 Å². The van der Waals surface area contributed by atoms with Gasteiger partial charge in [0.1, 0.15) is 0 Å². The van der Waals surface area contributed by atoms with Gasteiger partial charge in [0.2, 0.25) is 0 Å². The van der Waals surface area contributed by atoms with E-state index in [4.69, 9.17) is 0 Å². The zero-order chi connectivity index (χ0) is 13.5. The molecule has 0 aliphatic carbocycles. The summed E-state index contributed by atoms with van der Waals surface area (Å²) in [6, 6.07) is 3.86. The number of carbonyl (C=O) groups excluding carboxylic acids is 1.